The van der Waals surface area contributed by atoms with E-state index in [1.807, 2.05) is 13.8 Å². The fourth-order valence-electron chi connectivity index (χ4n) is 2.93. The molecule has 0 saturated heterocycles. The predicted molar refractivity (Wildman–Crippen MR) is 91.3 cm³/mol. The van der Waals surface area contributed by atoms with Crippen molar-refractivity contribution in [1.29, 1.82) is 0 Å². The van der Waals surface area contributed by atoms with E-state index in [9.17, 15) is 18.0 Å². The van der Waals surface area contributed by atoms with Gasteiger partial charge in [0.05, 0.1) is 4.90 Å². The van der Waals surface area contributed by atoms with Crippen molar-refractivity contribution in [3.05, 3.63) is 29.8 Å². The Hall–Kier alpha value is -1.89. The topological polar surface area (TPSA) is 86.7 Å². The molecule has 1 aromatic rings. The monoisotopic (exact) mass is 367 g/mol. The van der Waals surface area contributed by atoms with Gasteiger partial charge >= 0.3 is 12.4 Å². The van der Waals surface area contributed by atoms with Crippen molar-refractivity contribution in [2.75, 3.05) is 5.75 Å². The van der Waals surface area contributed by atoms with Crippen LogP contribution in [0.4, 0.5) is 0 Å². The third-order valence-corrected chi connectivity index (χ3v) is 6.24. The van der Waals surface area contributed by atoms with Gasteiger partial charge in [-0.15, -0.1) is 0 Å². The van der Waals surface area contributed by atoms with Crippen molar-refractivity contribution in [3.8, 4) is 0 Å². The molecular weight excluding hydrogens is 344 g/mol. The molecule has 3 unspecified atom stereocenters. The molecule has 25 heavy (non-hydrogen) atoms. The van der Waals surface area contributed by atoms with E-state index < -0.39 is 27.7 Å². The molecule has 1 aromatic carbocycles. The molecule has 1 fully saturated rings. The highest BCUT2D eigenvalue weighted by Gasteiger charge is 2.33. The summed E-state index contributed by atoms with van der Waals surface area (Å²) in [6, 6.07) is 6.25. The van der Waals surface area contributed by atoms with E-state index in [0.717, 1.165) is 31.2 Å². The second-order valence-electron chi connectivity index (χ2n) is 6.52. The highest BCUT2D eigenvalue weighted by Crippen LogP contribution is 2.27. The highest BCUT2D eigenvalue weighted by atomic mass is 32.2. The van der Waals surface area contributed by atoms with Gasteiger partial charge in [0.1, 0.15) is 11.9 Å². The van der Waals surface area contributed by atoms with Crippen molar-refractivity contribution in [2.24, 2.45) is 5.92 Å². The molecule has 6 nitrogen and oxygen atoms in total. The Morgan fingerprint density at radius 1 is 1.24 bits per heavy atom. The van der Waals surface area contributed by atoms with Gasteiger partial charge in [0.15, 0.2) is 9.84 Å². The standard InChI is InChI=1S/C18H23O6S/c1-13-7-9-15(10-8-13)25(21,22)11-17(23-12-19)18(20)24-16-6-4-3-5-14(16)2/h7-10,14,16-17H,3-6,11H2,1-2H3. The summed E-state index contributed by atoms with van der Waals surface area (Å²) in [7, 11) is -3.80. The molecule has 0 aliphatic heterocycles. The molecule has 7 heteroatoms. The summed E-state index contributed by atoms with van der Waals surface area (Å²) in [6.45, 7) is 4.99. The van der Waals surface area contributed by atoms with Crippen LogP contribution in [0.2, 0.25) is 0 Å². The van der Waals surface area contributed by atoms with Gasteiger partial charge in [0.2, 0.25) is 6.10 Å². The Labute approximate surface area is 148 Å². The minimum Gasteiger partial charge on any atom is -0.459 e. The van der Waals surface area contributed by atoms with Gasteiger partial charge in [0.25, 0.3) is 0 Å². The van der Waals surface area contributed by atoms with Crippen LogP contribution in [0, 0.1) is 12.8 Å². The second kappa shape index (κ2) is 8.47. The third kappa shape index (κ3) is 5.29. The van der Waals surface area contributed by atoms with E-state index in [2.05, 4.69) is 4.74 Å². The molecule has 137 valence electrons. The number of esters is 1. The zero-order valence-electron chi connectivity index (χ0n) is 14.4. The first-order valence-corrected chi connectivity index (χ1v) is 10.0. The molecule has 1 radical (unpaired) electrons. The van der Waals surface area contributed by atoms with Gasteiger partial charge in [0, 0.05) is 0 Å². The van der Waals surface area contributed by atoms with Gasteiger partial charge in [-0.05, 0) is 44.2 Å². The zero-order chi connectivity index (χ0) is 18.4. The summed E-state index contributed by atoms with van der Waals surface area (Å²) in [5.74, 6) is -1.30. The number of carbonyl (C=O) groups excluding carboxylic acids is 2. The van der Waals surface area contributed by atoms with Gasteiger partial charge in [-0.3, -0.25) is 0 Å². The number of hydrogen-bond acceptors (Lipinski definition) is 6. The largest absolute Gasteiger partial charge is 0.459 e. The maximum atomic E-state index is 12.5. The summed E-state index contributed by atoms with van der Waals surface area (Å²) in [4.78, 5) is 23.0. The van der Waals surface area contributed by atoms with E-state index in [-0.39, 0.29) is 16.9 Å². The molecule has 2 rings (SSSR count). The molecule has 0 aromatic heterocycles. The number of ether oxygens (including phenoxy) is 2. The van der Waals surface area contributed by atoms with Crippen molar-refractivity contribution in [1.82, 2.24) is 0 Å². The highest BCUT2D eigenvalue weighted by molar-refractivity contribution is 7.91. The fourth-order valence-corrected chi connectivity index (χ4v) is 4.28. The Morgan fingerprint density at radius 2 is 1.88 bits per heavy atom. The minimum atomic E-state index is -3.80. The predicted octanol–water partition coefficient (Wildman–Crippen LogP) is 2.34. The fraction of sp³-hybridized carbons (Fsp3) is 0.556. The van der Waals surface area contributed by atoms with E-state index in [1.165, 1.54) is 18.6 Å². The van der Waals surface area contributed by atoms with E-state index >= 15 is 0 Å². The third-order valence-electron chi connectivity index (χ3n) is 4.50. The average molecular weight is 367 g/mol. The number of hydrogen-bond donors (Lipinski definition) is 0. The van der Waals surface area contributed by atoms with Crippen molar-refractivity contribution < 1.29 is 27.5 Å². The van der Waals surface area contributed by atoms with Gasteiger partial charge in [-0.25, -0.2) is 18.0 Å². The summed E-state index contributed by atoms with van der Waals surface area (Å²) >= 11 is 0. The van der Waals surface area contributed by atoms with Gasteiger partial charge < -0.3 is 9.47 Å². The Kier molecular flexibility index (Phi) is 6.58. The number of benzene rings is 1. The summed E-state index contributed by atoms with van der Waals surface area (Å²) < 4.78 is 35.0. The van der Waals surface area contributed by atoms with Crippen molar-refractivity contribution in [2.45, 2.75) is 56.6 Å². The summed E-state index contributed by atoms with van der Waals surface area (Å²) in [5, 5.41) is 0. The van der Waals surface area contributed by atoms with Crippen LogP contribution in [0.1, 0.15) is 38.2 Å². The molecule has 1 aliphatic rings. The SMILES string of the molecule is Cc1ccc(S(=O)(=O)CC(O[C]=O)C(=O)OC2CCCCC2C)cc1. The van der Waals surface area contributed by atoms with Crippen molar-refractivity contribution >= 4 is 22.3 Å². The molecule has 3 atom stereocenters. The molecule has 0 N–H and O–H groups in total. The van der Waals surface area contributed by atoms with Crippen LogP contribution in [0.15, 0.2) is 29.2 Å². The lowest BCUT2D eigenvalue weighted by atomic mass is 9.88. The van der Waals surface area contributed by atoms with Gasteiger partial charge in [-0.1, -0.05) is 31.0 Å². The summed E-state index contributed by atoms with van der Waals surface area (Å²) in [5.41, 5.74) is 0.915. The Balaban J connectivity index is 2.09. The Morgan fingerprint density at radius 3 is 2.48 bits per heavy atom. The summed E-state index contributed by atoms with van der Waals surface area (Å²) in [6.07, 6.45) is 1.92. The molecular formula is C18H23O6S. The number of carbonyl (C=O) groups is 1. The molecule has 0 bridgehead atoms. The smallest absolute Gasteiger partial charge is 0.418 e. The lowest BCUT2D eigenvalue weighted by Crippen LogP contribution is -2.38. The van der Waals surface area contributed by atoms with E-state index in [0.29, 0.717) is 0 Å². The second-order valence-corrected chi connectivity index (χ2v) is 8.56. The zero-order valence-corrected chi connectivity index (χ0v) is 15.3. The van der Waals surface area contributed by atoms with E-state index in [1.54, 1.807) is 12.1 Å². The molecule has 1 saturated carbocycles. The van der Waals surface area contributed by atoms with Crippen LogP contribution >= 0.6 is 0 Å². The van der Waals surface area contributed by atoms with Crippen LogP contribution in [0.5, 0.6) is 0 Å². The van der Waals surface area contributed by atoms with Crippen LogP contribution in [-0.2, 0) is 28.9 Å². The van der Waals surface area contributed by atoms with Crippen LogP contribution in [0.3, 0.4) is 0 Å². The first kappa shape index (κ1) is 19.4. The average Bonchev–Trinajstić information content (AvgIpc) is 2.57. The minimum absolute atomic E-state index is 0.0661. The number of rotatable bonds is 7. The Bertz CT molecular complexity index is 695. The first-order chi connectivity index (χ1) is 11.8. The van der Waals surface area contributed by atoms with Gasteiger partial charge in [-0.2, -0.15) is 0 Å². The quantitative estimate of drug-likeness (QED) is 0.688. The van der Waals surface area contributed by atoms with Crippen LogP contribution < -0.4 is 0 Å². The maximum absolute atomic E-state index is 12.5. The number of aryl methyl sites for hydroxylation is 1. The lowest BCUT2D eigenvalue weighted by Gasteiger charge is -2.29. The van der Waals surface area contributed by atoms with Crippen LogP contribution in [-0.4, -0.2) is 38.8 Å². The van der Waals surface area contributed by atoms with Crippen molar-refractivity contribution in [3.63, 3.8) is 0 Å². The first-order valence-electron chi connectivity index (χ1n) is 8.36. The van der Waals surface area contributed by atoms with E-state index in [4.69, 9.17) is 4.74 Å². The molecule has 0 spiro atoms. The van der Waals surface area contributed by atoms with Crippen LogP contribution in [0.25, 0.3) is 0 Å². The normalized spacial score (nSPS) is 22.0. The maximum Gasteiger partial charge on any atom is 0.418 e. The molecule has 1 aliphatic carbocycles. The number of sulfone groups is 1. The molecule has 0 heterocycles. The lowest BCUT2D eigenvalue weighted by molar-refractivity contribution is -0.161. The molecule has 0 amide bonds.